The largest absolute Gasteiger partial charge is 0.459 e. The highest BCUT2D eigenvalue weighted by atomic mass is 16.5. The molecule has 1 aliphatic heterocycles. The fraction of sp³-hybridized carbons (Fsp3) is 0.429. The van der Waals surface area contributed by atoms with Crippen molar-refractivity contribution >= 4 is 11.9 Å². The summed E-state index contributed by atoms with van der Waals surface area (Å²) in [4.78, 5) is 29.0. The van der Waals surface area contributed by atoms with Crippen molar-refractivity contribution in [3.8, 4) is 11.7 Å². The van der Waals surface area contributed by atoms with Gasteiger partial charge in [-0.05, 0) is 25.0 Å². The molecule has 0 radical (unpaired) electrons. The van der Waals surface area contributed by atoms with E-state index >= 15 is 0 Å². The number of likely N-dealkylation sites (tertiary alicyclic amines) is 1. The summed E-state index contributed by atoms with van der Waals surface area (Å²) in [6.45, 7) is 1.08. The zero-order valence-electron chi connectivity index (χ0n) is 12.4. The Labute approximate surface area is 131 Å². The van der Waals surface area contributed by atoms with Crippen molar-refractivity contribution in [2.45, 2.75) is 19.4 Å². The summed E-state index contributed by atoms with van der Waals surface area (Å²) in [6, 6.07) is 2.92. The molecule has 1 saturated heterocycles. The third-order valence-corrected chi connectivity index (χ3v) is 3.72. The van der Waals surface area contributed by atoms with Gasteiger partial charge in [0.25, 0.3) is 5.89 Å². The van der Waals surface area contributed by atoms with Gasteiger partial charge in [-0.3, -0.25) is 4.79 Å². The second-order valence-corrected chi connectivity index (χ2v) is 5.33. The van der Waals surface area contributed by atoms with Gasteiger partial charge in [0.15, 0.2) is 11.6 Å². The fourth-order valence-electron chi connectivity index (χ4n) is 2.53. The first-order valence-corrected chi connectivity index (χ1v) is 7.32. The van der Waals surface area contributed by atoms with E-state index in [4.69, 9.17) is 14.7 Å². The van der Waals surface area contributed by atoms with Crippen molar-refractivity contribution in [2.75, 3.05) is 13.1 Å². The fourth-order valence-corrected chi connectivity index (χ4v) is 2.53. The number of amides is 3. The molecule has 2 aromatic rings. The Morgan fingerprint density at radius 2 is 2.35 bits per heavy atom. The lowest BCUT2D eigenvalue weighted by Gasteiger charge is -2.30. The molecule has 3 N–H and O–H groups in total. The summed E-state index contributed by atoms with van der Waals surface area (Å²) in [5.74, 6) is 0.664. The summed E-state index contributed by atoms with van der Waals surface area (Å²) >= 11 is 0. The topological polar surface area (TPSA) is 127 Å². The van der Waals surface area contributed by atoms with Crippen LogP contribution in [0.2, 0.25) is 0 Å². The molecular weight excluding hydrogens is 302 g/mol. The summed E-state index contributed by atoms with van der Waals surface area (Å²) in [5, 5.41) is 6.54. The number of nitrogens with one attached hydrogen (secondary N) is 1. The van der Waals surface area contributed by atoms with E-state index in [0.717, 1.165) is 12.8 Å². The van der Waals surface area contributed by atoms with E-state index in [9.17, 15) is 9.59 Å². The van der Waals surface area contributed by atoms with Gasteiger partial charge in [0.2, 0.25) is 5.91 Å². The van der Waals surface area contributed by atoms with Gasteiger partial charge in [-0.25, -0.2) is 4.79 Å². The van der Waals surface area contributed by atoms with Crippen LogP contribution in [0.3, 0.4) is 0 Å². The number of urea groups is 1. The lowest BCUT2D eigenvalue weighted by atomic mass is 9.97. The van der Waals surface area contributed by atoms with Crippen molar-refractivity contribution in [1.29, 1.82) is 0 Å². The molecule has 0 spiro atoms. The number of hydrogen-bond acceptors (Lipinski definition) is 6. The Balaban J connectivity index is 1.54. The first-order valence-electron chi connectivity index (χ1n) is 7.32. The van der Waals surface area contributed by atoms with Crippen LogP contribution in [-0.4, -0.2) is 40.1 Å². The van der Waals surface area contributed by atoms with Gasteiger partial charge in [-0.15, -0.1) is 0 Å². The van der Waals surface area contributed by atoms with Gasteiger partial charge in [0.1, 0.15) is 0 Å². The maximum Gasteiger partial charge on any atom is 0.314 e. The van der Waals surface area contributed by atoms with Crippen LogP contribution < -0.4 is 11.1 Å². The van der Waals surface area contributed by atoms with Crippen molar-refractivity contribution < 1.29 is 18.5 Å². The molecule has 0 aromatic carbocycles. The van der Waals surface area contributed by atoms with E-state index in [-0.39, 0.29) is 24.3 Å². The highest BCUT2D eigenvalue weighted by Gasteiger charge is 2.27. The summed E-state index contributed by atoms with van der Waals surface area (Å²) in [7, 11) is 0. The van der Waals surface area contributed by atoms with Crippen LogP contribution in [-0.2, 0) is 11.3 Å². The van der Waals surface area contributed by atoms with Gasteiger partial charge in [-0.2, -0.15) is 4.98 Å². The molecule has 3 rings (SSSR count). The monoisotopic (exact) mass is 319 g/mol. The lowest BCUT2D eigenvalue weighted by molar-refractivity contribution is -0.126. The molecule has 3 amide bonds. The predicted molar refractivity (Wildman–Crippen MR) is 77.7 cm³/mol. The van der Waals surface area contributed by atoms with Crippen molar-refractivity contribution in [1.82, 2.24) is 20.4 Å². The molecular formula is C14H17N5O4. The van der Waals surface area contributed by atoms with E-state index in [1.807, 2.05) is 0 Å². The van der Waals surface area contributed by atoms with E-state index < -0.39 is 6.03 Å². The number of hydrogen-bond donors (Lipinski definition) is 2. The normalized spacial score (nSPS) is 17.9. The van der Waals surface area contributed by atoms with E-state index in [1.54, 1.807) is 12.1 Å². The molecule has 1 aliphatic rings. The first-order chi connectivity index (χ1) is 11.1. The zero-order valence-corrected chi connectivity index (χ0v) is 12.4. The van der Waals surface area contributed by atoms with E-state index in [2.05, 4.69) is 15.5 Å². The molecule has 122 valence electrons. The number of carbonyl (C=O) groups excluding carboxylic acids is 2. The summed E-state index contributed by atoms with van der Waals surface area (Å²) in [5.41, 5.74) is 5.26. The minimum atomic E-state index is -0.497. The van der Waals surface area contributed by atoms with Crippen LogP contribution in [0.4, 0.5) is 4.79 Å². The molecule has 9 nitrogen and oxygen atoms in total. The molecule has 0 aliphatic carbocycles. The van der Waals surface area contributed by atoms with Gasteiger partial charge >= 0.3 is 6.03 Å². The van der Waals surface area contributed by atoms with Crippen molar-refractivity contribution in [3.63, 3.8) is 0 Å². The van der Waals surface area contributed by atoms with Gasteiger partial charge in [0.05, 0.1) is 18.7 Å². The number of furan rings is 1. The van der Waals surface area contributed by atoms with E-state index in [1.165, 1.54) is 11.2 Å². The van der Waals surface area contributed by atoms with Crippen LogP contribution in [0.25, 0.3) is 11.7 Å². The van der Waals surface area contributed by atoms with Crippen LogP contribution in [0.1, 0.15) is 18.7 Å². The van der Waals surface area contributed by atoms with Crippen LogP contribution in [0, 0.1) is 5.92 Å². The molecule has 0 saturated carbocycles. The third-order valence-electron chi connectivity index (χ3n) is 3.72. The molecule has 3 heterocycles. The number of nitrogens with two attached hydrogens (primary N) is 1. The van der Waals surface area contributed by atoms with Gasteiger partial charge in [-0.1, -0.05) is 5.16 Å². The van der Waals surface area contributed by atoms with Crippen molar-refractivity contribution in [2.24, 2.45) is 11.7 Å². The maximum atomic E-state index is 12.2. The smallest absolute Gasteiger partial charge is 0.314 e. The van der Waals surface area contributed by atoms with Crippen molar-refractivity contribution in [3.05, 3.63) is 24.2 Å². The SMILES string of the molecule is NC(=O)N1CCCC(C(=O)NCc2noc(-c3ccco3)n2)C1. The van der Waals surface area contributed by atoms with Crippen LogP contribution in [0.5, 0.6) is 0 Å². The second-order valence-electron chi connectivity index (χ2n) is 5.33. The number of nitrogens with zero attached hydrogens (tertiary/aromatic N) is 3. The van der Waals surface area contributed by atoms with Crippen LogP contribution >= 0.6 is 0 Å². The quantitative estimate of drug-likeness (QED) is 0.855. The molecule has 1 fully saturated rings. The number of carbonyl (C=O) groups is 2. The molecule has 23 heavy (non-hydrogen) atoms. The minimum absolute atomic E-state index is 0.149. The minimum Gasteiger partial charge on any atom is -0.459 e. The molecule has 0 bridgehead atoms. The van der Waals surface area contributed by atoms with Gasteiger partial charge in [0, 0.05) is 13.1 Å². The molecule has 1 unspecified atom stereocenters. The van der Waals surface area contributed by atoms with Gasteiger partial charge < -0.3 is 24.9 Å². The Hall–Kier alpha value is -2.84. The second kappa shape index (κ2) is 6.51. The number of piperidine rings is 1. The van der Waals surface area contributed by atoms with Crippen LogP contribution in [0.15, 0.2) is 27.3 Å². The Bertz CT molecular complexity index is 681. The average Bonchev–Trinajstić information content (AvgIpc) is 3.23. The highest BCUT2D eigenvalue weighted by molar-refractivity contribution is 5.80. The summed E-state index contributed by atoms with van der Waals surface area (Å²) in [6.07, 6.45) is 2.99. The first kappa shape index (κ1) is 15.1. The summed E-state index contributed by atoms with van der Waals surface area (Å²) < 4.78 is 10.2. The standard InChI is InChI=1S/C14H17N5O4/c15-14(21)19-5-1-3-9(8-19)12(20)16-7-11-17-13(23-18-11)10-4-2-6-22-10/h2,4,6,9H,1,3,5,7-8H2,(H2,15,21)(H,16,20). The lowest BCUT2D eigenvalue weighted by Crippen LogP contribution is -2.47. The maximum absolute atomic E-state index is 12.2. The number of aromatic nitrogens is 2. The number of rotatable bonds is 4. The average molecular weight is 319 g/mol. The highest BCUT2D eigenvalue weighted by Crippen LogP contribution is 2.18. The number of primary amides is 1. The Kier molecular flexibility index (Phi) is 4.26. The zero-order chi connectivity index (χ0) is 16.2. The molecule has 9 heteroatoms. The predicted octanol–water partition coefficient (Wildman–Crippen LogP) is 0.736. The molecule has 1 atom stereocenters. The molecule has 2 aromatic heterocycles. The Morgan fingerprint density at radius 3 is 3.09 bits per heavy atom. The van der Waals surface area contributed by atoms with E-state index in [0.29, 0.717) is 24.7 Å². The third kappa shape index (κ3) is 3.50. The Morgan fingerprint density at radius 1 is 1.48 bits per heavy atom.